The lowest BCUT2D eigenvalue weighted by Crippen LogP contribution is -2.59. The van der Waals surface area contributed by atoms with Gasteiger partial charge in [-0.3, -0.25) is 4.55 Å². The number of rotatable bonds is 6. The molecule has 12 aliphatic rings. The van der Waals surface area contributed by atoms with E-state index in [0.29, 0.717) is 93.6 Å². The molecule has 0 aliphatic heterocycles. The van der Waals surface area contributed by atoms with Crippen molar-refractivity contribution >= 4 is 10.1 Å². The van der Waals surface area contributed by atoms with Crippen molar-refractivity contribution in [2.75, 3.05) is 0 Å². The molecule has 0 spiro atoms. The van der Waals surface area contributed by atoms with Crippen molar-refractivity contribution in [2.24, 2.45) is 35.5 Å². The molecule has 12 saturated carbocycles. The Bertz CT molecular complexity index is 1990. The number of halogens is 4. The topological polar surface area (TPSA) is 124 Å². The van der Waals surface area contributed by atoms with Crippen LogP contribution in [0.3, 0.4) is 0 Å². The molecule has 6 unspecified atom stereocenters. The standard InChI is InChI=1S/C42H48F4O7S/c43-30-32(45)36(54(50,51)52)33(46)31(44)35(30)53-34-28(38-8-23-2-24(9-38)15-41(48,14-23)19-38)4-27(37-6-21-1-22(7-37)13-40(47,12-21)18-37)5-29(34)39-10-25-3-26(11-39)17-42(49,16-25)20-39/h4-5,21-26,47-49H,1-3,6-20H2,(H,50,51,52). The second-order valence-corrected chi connectivity index (χ2v) is 22.1. The van der Waals surface area contributed by atoms with Crippen molar-refractivity contribution in [1.82, 2.24) is 0 Å². The van der Waals surface area contributed by atoms with Crippen molar-refractivity contribution in [2.45, 2.75) is 154 Å². The van der Waals surface area contributed by atoms with Gasteiger partial charge in [-0.25, -0.2) is 8.78 Å². The first-order chi connectivity index (χ1) is 25.3. The molecule has 292 valence electrons. The van der Waals surface area contributed by atoms with E-state index in [1.807, 2.05) is 0 Å². The molecule has 14 rings (SSSR count). The van der Waals surface area contributed by atoms with Crippen LogP contribution in [0, 0.1) is 58.8 Å². The van der Waals surface area contributed by atoms with Gasteiger partial charge in [0.1, 0.15) is 5.75 Å². The summed E-state index contributed by atoms with van der Waals surface area (Å²) in [6.07, 6.45) is 13.1. The van der Waals surface area contributed by atoms with E-state index in [-0.39, 0.29) is 34.8 Å². The Morgan fingerprint density at radius 2 is 0.852 bits per heavy atom. The molecule has 12 bridgehead atoms. The highest BCUT2D eigenvalue weighted by molar-refractivity contribution is 7.85. The molecular formula is C42H48F4O7S. The second kappa shape index (κ2) is 10.6. The SMILES string of the molecule is O=S(=O)(O)c1c(F)c(F)c(Oc2c(C34CC5CC(CC(O)(C5)C3)C4)cc(C34CC5CC(CC(O)(C5)C3)C4)cc2C23CC4CC(CC(O)(C4)C2)C3)c(F)c1F. The summed E-state index contributed by atoms with van der Waals surface area (Å²) in [4.78, 5) is -2.12. The van der Waals surface area contributed by atoms with Crippen LogP contribution in [0.1, 0.15) is 132 Å². The highest BCUT2D eigenvalue weighted by Crippen LogP contribution is 2.69. The van der Waals surface area contributed by atoms with E-state index in [4.69, 9.17) is 4.74 Å². The molecule has 0 aromatic heterocycles. The molecule has 54 heavy (non-hydrogen) atoms. The monoisotopic (exact) mass is 772 g/mol. The van der Waals surface area contributed by atoms with Crippen LogP contribution in [0.5, 0.6) is 11.5 Å². The molecule has 0 radical (unpaired) electrons. The van der Waals surface area contributed by atoms with Crippen LogP contribution < -0.4 is 4.74 Å². The zero-order chi connectivity index (χ0) is 37.6. The molecule has 2 aromatic carbocycles. The third-order valence-electron chi connectivity index (χ3n) is 16.6. The minimum absolute atomic E-state index is 0.0782. The van der Waals surface area contributed by atoms with E-state index >= 15 is 17.6 Å². The first kappa shape index (κ1) is 35.0. The van der Waals surface area contributed by atoms with E-state index in [1.165, 1.54) is 0 Å². The average molecular weight is 773 g/mol. The van der Waals surface area contributed by atoms with Gasteiger partial charge >= 0.3 is 10.1 Å². The molecule has 7 nitrogen and oxygen atoms in total. The van der Waals surface area contributed by atoms with Gasteiger partial charge in [0.05, 0.1) is 16.8 Å². The summed E-state index contributed by atoms with van der Waals surface area (Å²) in [6.45, 7) is 0. The molecule has 12 fully saturated rings. The van der Waals surface area contributed by atoms with Gasteiger partial charge in [0.25, 0.3) is 0 Å². The Hall–Kier alpha value is -2.25. The molecule has 12 aliphatic carbocycles. The van der Waals surface area contributed by atoms with Crippen LogP contribution >= 0.6 is 0 Å². The summed E-state index contributed by atoms with van der Waals surface area (Å²) in [5.74, 6) is -8.52. The lowest BCUT2D eigenvalue weighted by molar-refractivity contribution is -0.139. The van der Waals surface area contributed by atoms with Crippen molar-refractivity contribution in [3.63, 3.8) is 0 Å². The van der Waals surface area contributed by atoms with Crippen LogP contribution in [-0.2, 0) is 26.4 Å². The first-order valence-corrected chi connectivity index (χ1v) is 21.6. The largest absolute Gasteiger partial charge is 0.450 e. The number of hydrogen-bond donors (Lipinski definition) is 4. The lowest BCUT2D eigenvalue weighted by Gasteiger charge is -2.63. The summed E-state index contributed by atoms with van der Waals surface area (Å²) in [5, 5.41) is 36.0. The second-order valence-electron chi connectivity index (χ2n) is 20.8. The van der Waals surface area contributed by atoms with Crippen LogP contribution in [0.2, 0.25) is 0 Å². The minimum Gasteiger partial charge on any atom is -0.450 e. The summed E-state index contributed by atoms with van der Waals surface area (Å²) in [5.41, 5.74) is -2.11. The molecule has 0 heterocycles. The van der Waals surface area contributed by atoms with E-state index in [0.717, 1.165) is 50.5 Å². The lowest BCUT2D eigenvalue weighted by atomic mass is 9.43. The molecule has 12 heteroatoms. The fourth-order valence-electron chi connectivity index (χ4n) is 16.5. The van der Waals surface area contributed by atoms with Crippen molar-refractivity contribution in [1.29, 1.82) is 0 Å². The minimum atomic E-state index is -5.68. The quantitative estimate of drug-likeness (QED) is 0.133. The summed E-state index contributed by atoms with van der Waals surface area (Å²) in [7, 11) is -5.68. The van der Waals surface area contributed by atoms with Gasteiger partial charge in [-0.05, 0) is 162 Å². The van der Waals surface area contributed by atoms with Gasteiger partial charge in [-0.2, -0.15) is 17.2 Å². The zero-order valence-electron chi connectivity index (χ0n) is 30.3. The number of hydrogen-bond acceptors (Lipinski definition) is 6. The van der Waals surface area contributed by atoms with Crippen LogP contribution in [0.4, 0.5) is 17.6 Å². The Morgan fingerprint density at radius 3 is 1.19 bits per heavy atom. The number of ether oxygens (including phenoxy) is 1. The molecule has 6 atom stereocenters. The molecular weight excluding hydrogens is 725 g/mol. The smallest absolute Gasteiger partial charge is 0.300 e. The molecule has 0 saturated heterocycles. The maximum atomic E-state index is 16.1. The summed E-state index contributed by atoms with van der Waals surface area (Å²) in [6, 6.07) is 4.16. The Balaban J connectivity index is 1.19. The zero-order valence-corrected chi connectivity index (χ0v) is 31.1. The van der Waals surface area contributed by atoms with Gasteiger partial charge in [-0.1, -0.05) is 12.1 Å². The normalized spacial score (nSPS) is 46.5. The predicted octanol–water partition coefficient (Wildman–Crippen LogP) is 8.03. The highest BCUT2D eigenvalue weighted by atomic mass is 32.2. The fourth-order valence-corrected chi connectivity index (χ4v) is 17.1. The van der Waals surface area contributed by atoms with E-state index in [9.17, 15) is 28.3 Å². The Kier molecular flexibility index (Phi) is 6.88. The number of aliphatic hydroxyl groups is 3. The Morgan fingerprint density at radius 1 is 0.519 bits per heavy atom. The molecule has 2 aromatic rings. The van der Waals surface area contributed by atoms with Crippen molar-refractivity contribution in [3.8, 4) is 11.5 Å². The van der Waals surface area contributed by atoms with Crippen LogP contribution in [0.15, 0.2) is 17.0 Å². The molecule has 4 N–H and O–H groups in total. The van der Waals surface area contributed by atoms with Gasteiger partial charge in [0.2, 0.25) is 17.4 Å². The van der Waals surface area contributed by atoms with Gasteiger partial charge in [0, 0.05) is 22.0 Å². The van der Waals surface area contributed by atoms with E-state index < -0.39 is 71.7 Å². The molecule has 0 amide bonds. The summed E-state index contributed by atoms with van der Waals surface area (Å²) < 4.78 is 103. The van der Waals surface area contributed by atoms with Crippen molar-refractivity contribution in [3.05, 3.63) is 52.1 Å². The van der Waals surface area contributed by atoms with E-state index in [2.05, 4.69) is 12.1 Å². The van der Waals surface area contributed by atoms with E-state index in [1.54, 1.807) is 0 Å². The van der Waals surface area contributed by atoms with Gasteiger partial charge < -0.3 is 20.1 Å². The first-order valence-electron chi connectivity index (χ1n) is 20.2. The predicted molar refractivity (Wildman–Crippen MR) is 187 cm³/mol. The van der Waals surface area contributed by atoms with Crippen LogP contribution in [0.25, 0.3) is 0 Å². The third kappa shape index (κ3) is 4.87. The Labute approximate surface area is 312 Å². The maximum Gasteiger partial charge on any atom is 0.300 e. The third-order valence-corrected chi connectivity index (χ3v) is 17.5. The van der Waals surface area contributed by atoms with Gasteiger partial charge in [0.15, 0.2) is 16.5 Å². The van der Waals surface area contributed by atoms with Crippen molar-refractivity contribution < 1.29 is 50.6 Å². The maximum absolute atomic E-state index is 16.1. The number of benzene rings is 2. The van der Waals surface area contributed by atoms with Gasteiger partial charge in [-0.15, -0.1) is 0 Å². The fraction of sp³-hybridized carbons (Fsp3) is 0.714. The summed E-state index contributed by atoms with van der Waals surface area (Å²) >= 11 is 0. The average Bonchev–Trinajstić information content (AvgIpc) is 3.01. The van der Waals surface area contributed by atoms with Crippen LogP contribution in [-0.4, -0.2) is 45.1 Å². The highest BCUT2D eigenvalue weighted by Gasteiger charge is 2.63.